The van der Waals surface area contributed by atoms with Crippen molar-refractivity contribution >= 4 is 47.7 Å². The van der Waals surface area contributed by atoms with Crippen molar-refractivity contribution in [2.24, 2.45) is 0 Å². The first-order valence-electron chi connectivity index (χ1n) is 15.0. The summed E-state index contributed by atoms with van der Waals surface area (Å²) in [7, 11) is -0.489. The first-order valence-corrected chi connectivity index (χ1v) is 18.7. The third-order valence-electron chi connectivity index (χ3n) is 8.61. The van der Waals surface area contributed by atoms with Crippen LogP contribution in [0.4, 0.5) is 0 Å². The SMILES string of the molecule is Br[c-]1[cH-][cH-][cH-][cH-]1.CC([c-]1cccc1P(c1ccccc1)c1ccccc1)P(C1CCCCC1)C1CCCCC1.[Fe]. The van der Waals surface area contributed by atoms with Crippen molar-refractivity contribution in [3.05, 3.63) is 113 Å². The van der Waals surface area contributed by atoms with Gasteiger partial charge in [-0.2, -0.15) is 6.07 Å². The fraction of sp³-hybridized carbons (Fsp3) is 0.389. The van der Waals surface area contributed by atoms with Crippen LogP contribution in [0.3, 0.4) is 0 Å². The molecule has 0 aliphatic heterocycles. The van der Waals surface area contributed by atoms with Gasteiger partial charge in [0.2, 0.25) is 0 Å². The van der Waals surface area contributed by atoms with Crippen LogP contribution in [0.15, 0.2) is 108 Å². The molecule has 0 N–H and O–H groups in total. The molecule has 1 atom stereocenters. The molecule has 0 spiro atoms. The van der Waals surface area contributed by atoms with Gasteiger partial charge in [-0.1, -0.05) is 106 Å². The van der Waals surface area contributed by atoms with Crippen molar-refractivity contribution in [1.29, 1.82) is 0 Å². The summed E-state index contributed by atoms with van der Waals surface area (Å²) in [5.74, 6) is 0. The third kappa shape index (κ3) is 8.30. The molecule has 0 saturated heterocycles. The molecule has 2 fully saturated rings. The summed E-state index contributed by atoms with van der Waals surface area (Å²) in [6.45, 7) is 2.62. The summed E-state index contributed by atoms with van der Waals surface area (Å²) in [5, 5.41) is 4.59. The maximum Gasteiger partial charge on any atom is 0 e. The molecule has 4 aromatic carbocycles. The standard InChI is InChI=1S/C31H39P2.C5H4Br.Fe/c1-25(32(26-15-6-2-7-16-26)27-17-8-3-9-18-27)30-23-14-24-31(30)33(28-19-10-4-11-20-28)29-21-12-5-13-22-29;6-5-3-1-2-4-5;/h4-5,10-14,19-27H,2-3,6-9,15-18H2,1H3;1-4H;/q-1;-5;. The maximum atomic E-state index is 3.28. The van der Waals surface area contributed by atoms with Gasteiger partial charge in [-0.05, 0) is 61.2 Å². The van der Waals surface area contributed by atoms with E-state index >= 15 is 0 Å². The van der Waals surface area contributed by atoms with Gasteiger partial charge in [0.1, 0.15) is 0 Å². The molecule has 40 heavy (non-hydrogen) atoms. The zero-order valence-corrected chi connectivity index (χ0v) is 28.2. The minimum Gasteiger partial charge on any atom is -0.747 e. The molecule has 2 aliphatic rings. The Bertz CT molecular complexity index is 1150. The van der Waals surface area contributed by atoms with E-state index in [0.29, 0.717) is 5.66 Å². The van der Waals surface area contributed by atoms with Crippen LogP contribution in [0.5, 0.6) is 0 Å². The van der Waals surface area contributed by atoms with Crippen LogP contribution in [0.25, 0.3) is 0 Å². The fourth-order valence-corrected chi connectivity index (χ4v) is 14.1. The first kappa shape index (κ1) is 31.9. The summed E-state index contributed by atoms with van der Waals surface area (Å²) in [5.41, 5.74) is 4.38. The number of halogens is 1. The monoisotopic (exact) mass is 672 g/mol. The van der Waals surface area contributed by atoms with Crippen LogP contribution in [-0.4, -0.2) is 11.3 Å². The van der Waals surface area contributed by atoms with Crippen LogP contribution >= 0.6 is 31.8 Å². The van der Waals surface area contributed by atoms with E-state index in [1.165, 1.54) is 74.8 Å². The number of hydrogen-bond acceptors (Lipinski definition) is 0. The number of rotatable bonds is 7. The molecule has 2 saturated carbocycles. The van der Waals surface area contributed by atoms with E-state index in [-0.39, 0.29) is 25.0 Å². The van der Waals surface area contributed by atoms with E-state index in [9.17, 15) is 0 Å². The molecule has 2 aliphatic carbocycles. The van der Waals surface area contributed by atoms with Crippen molar-refractivity contribution in [1.82, 2.24) is 0 Å². The van der Waals surface area contributed by atoms with Gasteiger partial charge in [0.05, 0.1) is 0 Å². The molecule has 0 amide bonds. The van der Waals surface area contributed by atoms with E-state index in [2.05, 4.69) is 102 Å². The van der Waals surface area contributed by atoms with Crippen LogP contribution in [0.1, 0.15) is 82.4 Å². The van der Waals surface area contributed by atoms with Gasteiger partial charge < -0.3 is 44.7 Å². The molecule has 6 rings (SSSR count). The van der Waals surface area contributed by atoms with E-state index in [1.807, 2.05) is 24.3 Å². The Kier molecular flexibility index (Phi) is 13.2. The van der Waals surface area contributed by atoms with Crippen LogP contribution in [0.2, 0.25) is 0 Å². The molecule has 4 aromatic rings. The molecule has 4 heteroatoms. The van der Waals surface area contributed by atoms with Crippen LogP contribution in [-0.2, 0) is 17.1 Å². The summed E-state index contributed by atoms with van der Waals surface area (Å²) < 4.78 is 1.16. The van der Waals surface area contributed by atoms with Crippen molar-refractivity contribution in [3.8, 4) is 0 Å². The van der Waals surface area contributed by atoms with Crippen molar-refractivity contribution < 1.29 is 17.1 Å². The van der Waals surface area contributed by atoms with E-state index < -0.39 is 7.92 Å². The molecular formula is C36H43BrFeP2-6. The largest absolute Gasteiger partial charge is 0.747 e. The second kappa shape index (κ2) is 16.6. The van der Waals surface area contributed by atoms with Gasteiger partial charge in [0.15, 0.2) is 0 Å². The Balaban J connectivity index is 0.000000470. The minimum atomic E-state index is -0.511. The van der Waals surface area contributed by atoms with Gasteiger partial charge in [0.25, 0.3) is 0 Å². The molecule has 0 bridgehead atoms. The Morgan fingerprint density at radius 3 is 1.60 bits per heavy atom. The Morgan fingerprint density at radius 2 is 1.18 bits per heavy atom. The molecular weight excluding hydrogens is 630 g/mol. The van der Waals surface area contributed by atoms with Gasteiger partial charge in [-0.15, -0.1) is 18.8 Å². The molecule has 0 radical (unpaired) electrons. The summed E-state index contributed by atoms with van der Waals surface area (Å²) >= 11 is 3.28. The maximum absolute atomic E-state index is 3.28. The first-order chi connectivity index (χ1) is 19.2. The smallest absolute Gasteiger partial charge is 0 e. The predicted molar refractivity (Wildman–Crippen MR) is 180 cm³/mol. The third-order valence-corrected chi connectivity index (χ3v) is 15.5. The quantitative estimate of drug-likeness (QED) is 0.104. The topological polar surface area (TPSA) is 0 Å². The molecule has 0 nitrogen and oxygen atoms in total. The molecule has 1 unspecified atom stereocenters. The zero-order valence-electron chi connectivity index (χ0n) is 23.7. The van der Waals surface area contributed by atoms with Gasteiger partial charge in [-0.3, -0.25) is 0 Å². The zero-order chi connectivity index (χ0) is 26.9. The number of hydrogen-bond donors (Lipinski definition) is 0. The fourth-order valence-electron chi connectivity index (χ4n) is 6.76. The molecule has 0 aromatic heterocycles. The van der Waals surface area contributed by atoms with E-state index in [0.717, 1.165) is 15.8 Å². The minimum absolute atomic E-state index is 0. The predicted octanol–water partition coefficient (Wildman–Crippen LogP) is 10.5. The van der Waals surface area contributed by atoms with Crippen molar-refractivity contribution in [3.63, 3.8) is 0 Å². The Labute approximate surface area is 264 Å². The van der Waals surface area contributed by atoms with Crippen molar-refractivity contribution in [2.45, 2.75) is 88.1 Å². The van der Waals surface area contributed by atoms with Crippen molar-refractivity contribution in [2.75, 3.05) is 0 Å². The second-order valence-electron chi connectivity index (χ2n) is 11.2. The number of benzene rings is 2. The molecule has 0 heterocycles. The normalized spacial score (nSPS) is 17.2. The Hall–Kier alpha value is -1.00. The van der Waals surface area contributed by atoms with Crippen LogP contribution in [0, 0.1) is 0 Å². The summed E-state index contributed by atoms with van der Waals surface area (Å²) in [6.07, 6.45) is 14.8. The molecule has 218 valence electrons. The van der Waals surface area contributed by atoms with E-state index in [4.69, 9.17) is 0 Å². The summed E-state index contributed by atoms with van der Waals surface area (Å²) in [4.78, 5) is 0. The Morgan fingerprint density at radius 1 is 0.700 bits per heavy atom. The van der Waals surface area contributed by atoms with Crippen LogP contribution < -0.4 is 15.9 Å². The average molecular weight is 673 g/mol. The average Bonchev–Trinajstić information content (AvgIpc) is 3.68. The van der Waals surface area contributed by atoms with Gasteiger partial charge in [0, 0.05) is 17.1 Å². The second-order valence-corrected chi connectivity index (χ2v) is 17.4. The van der Waals surface area contributed by atoms with Gasteiger partial charge in [-0.25, -0.2) is 12.1 Å². The summed E-state index contributed by atoms with van der Waals surface area (Å²) in [6, 6.07) is 37.9. The van der Waals surface area contributed by atoms with Gasteiger partial charge >= 0.3 is 0 Å². The van der Waals surface area contributed by atoms with E-state index in [1.54, 1.807) is 10.9 Å².